The number of para-hydroxylation sites is 1. The van der Waals surface area contributed by atoms with E-state index in [1.807, 2.05) is 28.9 Å². The summed E-state index contributed by atoms with van der Waals surface area (Å²) in [6.45, 7) is 8.52. The minimum absolute atomic E-state index is 0.0293. The van der Waals surface area contributed by atoms with Gasteiger partial charge in [-0.25, -0.2) is 4.98 Å². The molecule has 0 atom stereocenters. The summed E-state index contributed by atoms with van der Waals surface area (Å²) >= 11 is 1.51. The molecule has 1 aliphatic heterocycles. The van der Waals surface area contributed by atoms with Crippen LogP contribution in [0.1, 0.15) is 51.0 Å². The fourth-order valence-corrected chi connectivity index (χ4v) is 4.79. The molecule has 1 fully saturated rings. The lowest BCUT2D eigenvalue weighted by Crippen LogP contribution is -2.37. The first-order valence-electron chi connectivity index (χ1n) is 10.1. The second-order valence-corrected chi connectivity index (χ2v) is 8.84. The highest BCUT2D eigenvalue weighted by molar-refractivity contribution is 7.13. The van der Waals surface area contributed by atoms with Crippen molar-refractivity contribution in [2.24, 2.45) is 5.92 Å². The number of amides is 2. The van der Waals surface area contributed by atoms with Gasteiger partial charge in [-0.05, 0) is 31.4 Å². The third-order valence-electron chi connectivity index (χ3n) is 5.03. The Morgan fingerprint density at radius 2 is 1.76 bits per heavy atom. The van der Waals surface area contributed by atoms with Crippen LogP contribution in [0.5, 0.6) is 5.75 Å². The number of carbonyl (C=O) groups excluding carboxylic acids is 2. The Morgan fingerprint density at radius 1 is 1.10 bits per heavy atom. The van der Waals surface area contributed by atoms with Crippen LogP contribution in [0.4, 0.5) is 0 Å². The van der Waals surface area contributed by atoms with Crippen LogP contribution < -0.4 is 4.74 Å². The van der Waals surface area contributed by atoms with Crippen LogP contribution in [-0.2, 0) is 6.42 Å². The van der Waals surface area contributed by atoms with Crippen molar-refractivity contribution >= 4 is 23.2 Å². The Balaban J connectivity index is 1.69. The Labute approximate surface area is 176 Å². The maximum atomic E-state index is 13.1. The lowest BCUT2D eigenvalue weighted by molar-refractivity contribution is 0.0718. The van der Waals surface area contributed by atoms with Gasteiger partial charge < -0.3 is 14.5 Å². The number of ether oxygens (including phenoxy) is 1. The van der Waals surface area contributed by atoms with Crippen molar-refractivity contribution in [2.75, 3.05) is 33.3 Å². The van der Waals surface area contributed by atoms with Gasteiger partial charge in [-0.3, -0.25) is 9.59 Å². The van der Waals surface area contributed by atoms with Crippen molar-refractivity contribution < 1.29 is 14.3 Å². The van der Waals surface area contributed by atoms with Gasteiger partial charge in [0.2, 0.25) is 0 Å². The van der Waals surface area contributed by atoms with Crippen LogP contribution in [0.3, 0.4) is 0 Å². The highest BCUT2D eigenvalue weighted by Gasteiger charge is 2.27. The summed E-state index contributed by atoms with van der Waals surface area (Å²) in [4.78, 5) is 35.0. The summed E-state index contributed by atoms with van der Waals surface area (Å²) < 4.78 is 5.33. The molecule has 0 radical (unpaired) electrons. The fourth-order valence-electron chi connectivity index (χ4n) is 3.55. The number of nitrogens with zero attached hydrogens (tertiary/aromatic N) is 3. The van der Waals surface area contributed by atoms with Crippen LogP contribution in [-0.4, -0.2) is 59.9 Å². The standard InChI is InChI=1S/C22H29N3O3S/c1-15(2)14-19-23-16(3)20(29-19)22(27)25-11-7-10-24(12-13-25)21(26)17-8-5-6-9-18(17)28-4/h5-6,8-9,15H,7,10-14H2,1-4H3. The van der Waals surface area contributed by atoms with Crippen molar-refractivity contribution in [2.45, 2.75) is 33.6 Å². The zero-order valence-corrected chi connectivity index (χ0v) is 18.4. The molecule has 0 bridgehead atoms. The quantitative estimate of drug-likeness (QED) is 0.748. The van der Waals surface area contributed by atoms with Crippen molar-refractivity contribution in [3.05, 3.63) is 45.4 Å². The van der Waals surface area contributed by atoms with Gasteiger partial charge in [-0.1, -0.05) is 26.0 Å². The molecule has 1 aromatic carbocycles. The highest BCUT2D eigenvalue weighted by Crippen LogP contribution is 2.24. The second kappa shape index (κ2) is 9.39. The molecule has 2 amide bonds. The smallest absolute Gasteiger partial charge is 0.265 e. The third-order valence-corrected chi connectivity index (χ3v) is 6.19. The molecular formula is C22H29N3O3S. The number of benzene rings is 1. The minimum Gasteiger partial charge on any atom is -0.496 e. The van der Waals surface area contributed by atoms with E-state index in [0.717, 1.165) is 28.4 Å². The zero-order valence-electron chi connectivity index (χ0n) is 17.6. The molecule has 2 heterocycles. The van der Waals surface area contributed by atoms with E-state index in [2.05, 4.69) is 18.8 Å². The summed E-state index contributed by atoms with van der Waals surface area (Å²) in [5.74, 6) is 1.07. The first-order valence-corrected chi connectivity index (χ1v) is 10.9. The highest BCUT2D eigenvalue weighted by atomic mass is 32.1. The number of carbonyl (C=O) groups is 2. The van der Waals surface area contributed by atoms with E-state index >= 15 is 0 Å². The van der Waals surface area contributed by atoms with E-state index in [1.165, 1.54) is 11.3 Å². The van der Waals surface area contributed by atoms with E-state index in [1.54, 1.807) is 19.2 Å². The summed E-state index contributed by atoms with van der Waals surface area (Å²) in [7, 11) is 1.57. The van der Waals surface area contributed by atoms with Gasteiger partial charge in [0.15, 0.2) is 0 Å². The van der Waals surface area contributed by atoms with Crippen LogP contribution in [0.25, 0.3) is 0 Å². The largest absolute Gasteiger partial charge is 0.496 e. The van der Waals surface area contributed by atoms with Gasteiger partial charge >= 0.3 is 0 Å². The molecule has 156 valence electrons. The molecule has 1 aromatic heterocycles. The van der Waals surface area contributed by atoms with Crippen LogP contribution >= 0.6 is 11.3 Å². The van der Waals surface area contributed by atoms with E-state index in [0.29, 0.717) is 43.4 Å². The molecule has 0 aliphatic carbocycles. The Bertz CT molecular complexity index is 878. The number of methoxy groups -OCH3 is 1. The summed E-state index contributed by atoms with van der Waals surface area (Å²) in [6, 6.07) is 7.27. The molecule has 0 saturated carbocycles. The van der Waals surface area contributed by atoms with Crippen molar-refractivity contribution in [1.82, 2.24) is 14.8 Å². The zero-order chi connectivity index (χ0) is 21.0. The average Bonchev–Trinajstić information content (AvgIpc) is 2.91. The van der Waals surface area contributed by atoms with Gasteiger partial charge in [0, 0.05) is 32.6 Å². The van der Waals surface area contributed by atoms with Crippen molar-refractivity contribution in [1.29, 1.82) is 0 Å². The van der Waals surface area contributed by atoms with Crippen molar-refractivity contribution in [3.8, 4) is 5.75 Å². The van der Waals surface area contributed by atoms with Gasteiger partial charge in [0.05, 0.1) is 23.4 Å². The predicted molar refractivity (Wildman–Crippen MR) is 115 cm³/mol. The molecule has 6 nitrogen and oxygen atoms in total. The van der Waals surface area contributed by atoms with Gasteiger partial charge in [-0.15, -0.1) is 11.3 Å². The van der Waals surface area contributed by atoms with Gasteiger partial charge in [-0.2, -0.15) is 0 Å². The number of rotatable bonds is 5. The average molecular weight is 416 g/mol. The maximum absolute atomic E-state index is 13.1. The molecule has 0 unspecified atom stereocenters. The van der Waals surface area contributed by atoms with Crippen LogP contribution in [0, 0.1) is 12.8 Å². The SMILES string of the molecule is COc1ccccc1C(=O)N1CCCN(C(=O)c2sc(CC(C)C)nc2C)CC1. The first kappa shape index (κ1) is 21.3. The fraction of sp³-hybridized carbons (Fsp3) is 0.500. The number of aromatic nitrogens is 1. The Kier molecular flexibility index (Phi) is 6.90. The monoisotopic (exact) mass is 415 g/mol. The molecule has 2 aromatic rings. The van der Waals surface area contributed by atoms with Crippen LogP contribution in [0.15, 0.2) is 24.3 Å². The topological polar surface area (TPSA) is 62.7 Å². The Hall–Kier alpha value is -2.41. The van der Waals surface area contributed by atoms with E-state index in [4.69, 9.17) is 4.74 Å². The van der Waals surface area contributed by atoms with E-state index < -0.39 is 0 Å². The summed E-state index contributed by atoms with van der Waals surface area (Å²) in [6.07, 6.45) is 1.64. The second-order valence-electron chi connectivity index (χ2n) is 7.76. The molecule has 1 saturated heterocycles. The number of hydrogen-bond donors (Lipinski definition) is 0. The maximum Gasteiger partial charge on any atom is 0.265 e. The molecule has 29 heavy (non-hydrogen) atoms. The molecule has 3 rings (SSSR count). The van der Waals surface area contributed by atoms with Crippen molar-refractivity contribution in [3.63, 3.8) is 0 Å². The summed E-state index contributed by atoms with van der Waals surface area (Å²) in [5.41, 5.74) is 1.37. The molecular weight excluding hydrogens is 386 g/mol. The Morgan fingerprint density at radius 3 is 2.41 bits per heavy atom. The van der Waals surface area contributed by atoms with E-state index in [9.17, 15) is 9.59 Å². The number of thiazole rings is 1. The summed E-state index contributed by atoms with van der Waals surface area (Å²) in [5, 5.41) is 1.02. The molecule has 7 heteroatoms. The molecule has 1 aliphatic rings. The normalized spacial score (nSPS) is 14.8. The van der Waals surface area contributed by atoms with Gasteiger partial charge in [0.1, 0.15) is 10.6 Å². The lowest BCUT2D eigenvalue weighted by atomic mass is 10.1. The molecule has 0 N–H and O–H groups in total. The molecule has 0 spiro atoms. The predicted octanol–water partition coefficient (Wildman–Crippen LogP) is 3.65. The first-order chi connectivity index (χ1) is 13.9. The number of hydrogen-bond acceptors (Lipinski definition) is 5. The van der Waals surface area contributed by atoms with E-state index in [-0.39, 0.29) is 11.8 Å². The van der Waals surface area contributed by atoms with Gasteiger partial charge in [0.25, 0.3) is 11.8 Å². The minimum atomic E-state index is -0.0510. The number of aryl methyl sites for hydroxylation is 1. The lowest BCUT2D eigenvalue weighted by Gasteiger charge is -2.22. The van der Waals surface area contributed by atoms with Crippen LogP contribution in [0.2, 0.25) is 0 Å². The third kappa shape index (κ3) is 4.96.